The van der Waals surface area contributed by atoms with Gasteiger partial charge in [0, 0.05) is 41.2 Å². The Labute approximate surface area is 129 Å². The molecule has 1 unspecified atom stereocenters. The highest BCUT2D eigenvalue weighted by Crippen LogP contribution is 2.14. The summed E-state index contributed by atoms with van der Waals surface area (Å²) in [4.78, 5) is 0. The molecule has 2 rings (SSSR count). The number of rotatable bonds is 7. The topological polar surface area (TPSA) is 89.5 Å². The fourth-order valence-electron chi connectivity index (χ4n) is 1.98. The van der Waals surface area contributed by atoms with Crippen molar-refractivity contribution in [1.29, 1.82) is 4.78 Å². The minimum atomic E-state index is -2.38. The maximum Gasteiger partial charge on any atom is 0.103 e. The molecule has 0 aliphatic rings. The van der Waals surface area contributed by atoms with Gasteiger partial charge in [-0.15, -0.1) is 5.10 Å². The van der Waals surface area contributed by atoms with Crippen molar-refractivity contribution >= 4 is 21.3 Å². The molecule has 0 amide bonds. The van der Waals surface area contributed by atoms with Gasteiger partial charge in [-0.1, -0.05) is 16.8 Å². The highest BCUT2D eigenvalue weighted by Gasteiger charge is 2.08. The van der Waals surface area contributed by atoms with E-state index in [0.717, 1.165) is 30.7 Å². The largest absolute Gasteiger partial charge is 0.274 e. The lowest BCUT2D eigenvalue weighted by Gasteiger charge is -1.99. The minimum absolute atomic E-state index is 0.435. The van der Waals surface area contributed by atoms with Crippen LogP contribution in [0.15, 0.2) is 12.4 Å². The second-order valence-corrected chi connectivity index (χ2v) is 8.00. The fraction of sp³-hybridized carbons (Fsp3) is 0.583. The molecule has 1 atom stereocenters. The third-order valence-electron chi connectivity index (χ3n) is 2.97. The van der Waals surface area contributed by atoms with Gasteiger partial charge in [0.05, 0.1) is 17.3 Å². The lowest BCUT2D eigenvalue weighted by molar-refractivity contribution is 0.624. The first-order chi connectivity index (χ1) is 9.83. The minimum Gasteiger partial charge on any atom is -0.274 e. The monoisotopic (exact) mass is 330 g/mol. The lowest BCUT2D eigenvalue weighted by atomic mass is 10.2. The number of hydrogen-bond acceptors (Lipinski definition) is 5. The molecule has 0 aromatic carbocycles. The third-order valence-corrected chi connectivity index (χ3v) is 4.35. The predicted molar refractivity (Wildman–Crippen MR) is 81.9 cm³/mol. The summed E-state index contributed by atoms with van der Waals surface area (Å²) in [5.74, 6) is 0.435. The molecular weight excluding hydrogens is 312 g/mol. The van der Waals surface area contributed by atoms with Crippen molar-refractivity contribution < 1.29 is 4.21 Å². The summed E-state index contributed by atoms with van der Waals surface area (Å²) < 4.78 is 22.0. The number of aromatic nitrogens is 5. The Balaban J connectivity index is 1.85. The van der Waals surface area contributed by atoms with Crippen LogP contribution < -0.4 is 0 Å². The molecule has 2 aromatic rings. The van der Waals surface area contributed by atoms with Crippen LogP contribution in [0, 0.1) is 4.78 Å². The van der Waals surface area contributed by atoms with Crippen molar-refractivity contribution in [3.8, 4) is 0 Å². The highest BCUT2D eigenvalue weighted by molar-refractivity contribution is 7.91. The highest BCUT2D eigenvalue weighted by atomic mass is 35.5. The van der Waals surface area contributed by atoms with Crippen molar-refractivity contribution in [3.63, 3.8) is 0 Å². The maximum atomic E-state index is 11.3. The zero-order chi connectivity index (χ0) is 15.5. The van der Waals surface area contributed by atoms with Crippen LogP contribution in [0.5, 0.6) is 0 Å². The Morgan fingerprint density at radius 1 is 1.38 bits per heavy atom. The van der Waals surface area contributed by atoms with Crippen LogP contribution in [0.2, 0.25) is 5.02 Å². The number of unbranched alkanes of at least 4 members (excludes halogenated alkanes) is 1. The Morgan fingerprint density at radius 3 is 2.76 bits per heavy atom. The predicted octanol–water partition coefficient (Wildman–Crippen LogP) is 1.71. The molecule has 2 heterocycles. The van der Waals surface area contributed by atoms with Gasteiger partial charge in [-0.2, -0.15) is 5.10 Å². The van der Waals surface area contributed by atoms with E-state index >= 15 is 0 Å². The van der Waals surface area contributed by atoms with Gasteiger partial charge >= 0.3 is 0 Å². The molecule has 0 saturated heterocycles. The van der Waals surface area contributed by atoms with Crippen molar-refractivity contribution in [2.24, 2.45) is 7.05 Å². The van der Waals surface area contributed by atoms with Crippen LogP contribution in [0.4, 0.5) is 0 Å². The van der Waals surface area contributed by atoms with Crippen molar-refractivity contribution in [2.75, 3.05) is 12.0 Å². The molecule has 2 aromatic heterocycles. The summed E-state index contributed by atoms with van der Waals surface area (Å²) >= 11 is 6.06. The average molecular weight is 331 g/mol. The third kappa shape index (κ3) is 5.13. The average Bonchev–Trinajstić information content (AvgIpc) is 2.92. The van der Waals surface area contributed by atoms with Gasteiger partial charge in [0.2, 0.25) is 0 Å². The van der Waals surface area contributed by atoms with Gasteiger partial charge in [0.25, 0.3) is 0 Å². The summed E-state index contributed by atoms with van der Waals surface area (Å²) in [6.45, 7) is 0.488. The van der Waals surface area contributed by atoms with Crippen LogP contribution in [-0.2, 0) is 29.7 Å². The van der Waals surface area contributed by atoms with E-state index in [1.54, 1.807) is 15.6 Å². The molecule has 0 spiro atoms. The Morgan fingerprint density at radius 2 is 2.14 bits per heavy atom. The van der Waals surface area contributed by atoms with Crippen LogP contribution in [0.1, 0.15) is 24.2 Å². The van der Waals surface area contributed by atoms with E-state index in [-0.39, 0.29) is 0 Å². The molecule has 0 saturated carbocycles. The Hall–Kier alpha value is -1.41. The first-order valence-corrected chi connectivity index (χ1v) is 9.13. The first kappa shape index (κ1) is 16.0. The van der Waals surface area contributed by atoms with Crippen molar-refractivity contribution in [3.05, 3.63) is 28.8 Å². The zero-order valence-corrected chi connectivity index (χ0v) is 13.7. The normalized spacial score (nSPS) is 14.2. The Kier molecular flexibility index (Phi) is 5.00. The number of aryl methyl sites for hydroxylation is 2. The molecule has 0 aliphatic heterocycles. The molecule has 0 aliphatic carbocycles. The Bertz CT molecular complexity index is 705. The summed E-state index contributed by atoms with van der Waals surface area (Å²) in [6.07, 6.45) is 7.47. The van der Waals surface area contributed by atoms with E-state index in [1.807, 2.05) is 13.2 Å². The van der Waals surface area contributed by atoms with Gasteiger partial charge in [0.15, 0.2) is 0 Å². The van der Waals surface area contributed by atoms with E-state index < -0.39 is 9.73 Å². The first-order valence-electron chi connectivity index (χ1n) is 6.62. The summed E-state index contributed by atoms with van der Waals surface area (Å²) in [5.41, 5.74) is 1.64. The van der Waals surface area contributed by atoms with Crippen LogP contribution >= 0.6 is 11.6 Å². The van der Waals surface area contributed by atoms with Gasteiger partial charge in [-0.3, -0.25) is 13.7 Å². The van der Waals surface area contributed by atoms with Crippen molar-refractivity contribution in [2.45, 2.75) is 25.8 Å². The molecular formula is C12H19ClN6OS. The number of nitrogens with zero attached hydrogens (tertiary/aromatic N) is 5. The fourth-order valence-corrected chi connectivity index (χ4v) is 2.97. The SMILES string of the molecule is Cn1cc(Cl)c(Cn2cc(CCCCS(C)(=N)=O)nn2)n1. The molecule has 0 fully saturated rings. The number of hydrogen-bond donors (Lipinski definition) is 1. The van der Waals surface area contributed by atoms with E-state index in [4.69, 9.17) is 16.4 Å². The molecule has 0 bridgehead atoms. The molecule has 7 nitrogen and oxygen atoms in total. The van der Waals surface area contributed by atoms with Crippen LogP contribution in [0.3, 0.4) is 0 Å². The van der Waals surface area contributed by atoms with Gasteiger partial charge < -0.3 is 0 Å². The van der Waals surface area contributed by atoms with E-state index in [1.165, 1.54) is 6.26 Å². The van der Waals surface area contributed by atoms with E-state index in [2.05, 4.69) is 15.4 Å². The lowest BCUT2D eigenvalue weighted by Crippen LogP contribution is -2.02. The van der Waals surface area contributed by atoms with E-state index in [0.29, 0.717) is 17.3 Å². The van der Waals surface area contributed by atoms with Crippen molar-refractivity contribution in [1.82, 2.24) is 24.8 Å². The van der Waals surface area contributed by atoms with Gasteiger partial charge in [-0.05, 0) is 19.3 Å². The standard InChI is InChI=1S/C12H19ClN6OS/c1-18-8-11(13)12(16-18)9-19-7-10(15-17-19)5-3-4-6-21(2,14)20/h7-8,14H,3-6,9H2,1-2H3. The summed E-state index contributed by atoms with van der Waals surface area (Å²) in [5, 5.41) is 13.0. The molecule has 116 valence electrons. The number of nitrogens with one attached hydrogen (secondary N) is 1. The quantitative estimate of drug-likeness (QED) is 0.783. The smallest absolute Gasteiger partial charge is 0.103 e. The van der Waals surface area contributed by atoms with Gasteiger partial charge in [-0.25, -0.2) is 4.68 Å². The van der Waals surface area contributed by atoms with Crippen LogP contribution in [0.25, 0.3) is 0 Å². The molecule has 1 N–H and O–H groups in total. The maximum absolute atomic E-state index is 11.3. The van der Waals surface area contributed by atoms with E-state index in [9.17, 15) is 4.21 Å². The second kappa shape index (κ2) is 6.57. The van der Waals surface area contributed by atoms with Crippen LogP contribution in [-0.4, -0.2) is 41.0 Å². The number of halogens is 1. The molecule has 9 heteroatoms. The molecule has 0 radical (unpaired) electrons. The second-order valence-electron chi connectivity index (χ2n) is 5.17. The van der Waals surface area contributed by atoms with Gasteiger partial charge in [0.1, 0.15) is 5.69 Å². The molecule has 21 heavy (non-hydrogen) atoms. The zero-order valence-electron chi connectivity index (χ0n) is 12.1. The summed E-state index contributed by atoms with van der Waals surface area (Å²) in [7, 11) is -0.563. The summed E-state index contributed by atoms with van der Waals surface area (Å²) in [6, 6.07) is 0.